The van der Waals surface area contributed by atoms with E-state index in [0.717, 1.165) is 0 Å². The smallest absolute Gasteiger partial charge is 0.238 e. The summed E-state index contributed by atoms with van der Waals surface area (Å²) in [6, 6.07) is 6.98. The van der Waals surface area contributed by atoms with E-state index in [2.05, 4.69) is 5.32 Å². The molecule has 6 heteroatoms. The topological polar surface area (TPSA) is 72.8 Å². The Morgan fingerprint density at radius 2 is 1.94 bits per heavy atom. The van der Waals surface area contributed by atoms with E-state index in [1.54, 1.807) is 29.2 Å². The monoisotopic (exact) mass is 270 g/mol. The van der Waals surface area contributed by atoms with Gasteiger partial charge < -0.3 is 15.5 Å². The van der Waals surface area contributed by atoms with Crippen molar-refractivity contribution in [3.8, 4) is 0 Å². The predicted octanol–water partition coefficient (Wildman–Crippen LogP) is 0.316. The number of β-amino-alcohol motifs (C(OH)–C–C–N with tert-alkyl or cyclic N) is 2. The lowest BCUT2D eigenvalue weighted by molar-refractivity contribution is -0.117. The van der Waals surface area contributed by atoms with Crippen LogP contribution in [-0.2, 0) is 4.79 Å². The quantitative estimate of drug-likeness (QED) is 0.739. The number of hydrogen-bond acceptors (Lipinski definition) is 4. The number of nitrogens with one attached hydrogen (secondary N) is 1. The number of nitrogens with zero attached hydrogens (tertiary/aromatic N) is 1. The molecule has 5 nitrogen and oxygen atoms in total. The molecule has 2 rings (SSSR count). The molecule has 0 aromatic heterocycles. The number of amides is 1. The number of carbonyl (C=O) groups is 1. The summed E-state index contributed by atoms with van der Waals surface area (Å²) in [5.74, 6) is -0.218. The number of halogens is 1. The van der Waals surface area contributed by atoms with Crippen molar-refractivity contribution in [2.24, 2.45) is 0 Å². The molecule has 1 fully saturated rings. The van der Waals surface area contributed by atoms with Crippen LogP contribution in [0.25, 0.3) is 0 Å². The minimum atomic E-state index is -0.780. The molecule has 98 valence electrons. The molecule has 0 radical (unpaired) electrons. The third-order valence-corrected chi connectivity index (χ3v) is 3.18. The summed E-state index contributed by atoms with van der Waals surface area (Å²) in [5.41, 5.74) is 0.560. The molecule has 2 unspecified atom stereocenters. The number of para-hydroxylation sites is 1. The van der Waals surface area contributed by atoms with Crippen LogP contribution in [0.3, 0.4) is 0 Å². The highest BCUT2D eigenvalue weighted by Crippen LogP contribution is 2.20. The Morgan fingerprint density at radius 3 is 2.56 bits per heavy atom. The zero-order chi connectivity index (χ0) is 13.1. The van der Waals surface area contributed by atoms with E-state index in [0.29, 0.717) is 23.8 Å². The van der Waals surface area contributed by atoms with Gasteiger partial charge in [0.15, 0.2) is 0 Å². The first kappa shape index (κ1) is 13.3. The Kier molecular flexibility index (Phi) is 4.19. The molecule has 1 saturated heterocycles. The zero-order valence-corrected chi connectivity index (χ0v) is 10.5. The van der Waals surface area contributed by atoms with Crippen LogP contribution < -0.4 is 5.32 Å². The van der Waals surface area contributed by atoms with E-state index < -0.39 is 12.2 Å². The maximum Gasteiger partial charge on any atom is 0.238 e. The molecular formula is C12H15ClN2O3. The van der Waals surface area contributed by atoms with Crippen molar-refractivity contribution in [2.75, 3.05) is 25.0 Å². The molecule has 0 aliphatic carbocycles. The zero-order valence-electron chi connectivity index (χ0n) is 9.71. The summed E-state index contributed by atoms with van der Waals surface area (Å²) >= 11 is 5.92. The van der Waals surface area contributed by atoms with Gasteiger partial charge >= 0.3 is 0 Å². The summed E-state index contributed by atoms with van der Waals surface area (Å²) in [6.45, 7) is 0.730. The minimum Gasteiger partial charge on any atom is -0.389 e. The Morgan fingerprint density at radius 1 is 1.33 bits per heavy atom. The maximum atomic E-state index is 11.8. The highest BCUT2D eigenvalue weighted by Gasteiger charge is 2.30. The van der Waals surface area contributed by atoms with Gasteiger partial charge in [-0.2, -0.15) is 0 Å². The van der Waals surface area contributed by atoms with Gasteiger partial charge in [0.1, 0.15) is 0 Å². The van der Waals surface area contributed by atoms with Crippen LogP contribution >= 0.6 is 11.6 Å². The number of carbonyl (C=O) groups excluding carboxylic acids is 1. The van der Waals surface area contributed by atoms with Gasteiger partial charge in [0, 0.05) is 13.1 Å². The third kappa shape index (κ3) is 3.20. The molecule has 1 aliphatic rings. The lowest BCUT2D eigenvalue weighted by Crippen LogP contribution is -2.32. The predicted molar refractivity (Wildman–Crippen MR) is 68.5 cm³/mol. The van der Waals surface area contributed by atoms with Gasteiger partial charge in [0.05, 0.1) is 29.5 Å². The lowest BCUT2D eigenvalue weighted by atomic mass is 10.3. The largest absolute Gasteiger partial charge is 0.389 e. The molecule has 1 aromatic rings. The van der Waals surface area contributed by atoms with Crippen molar-refractivity contribution in [2.45, 2.75) is 12.2 Å². The summed E-state index contributed by atoms with van der Waals surface area (Å²) < 4.78 is 0. The van der Waals surface area contributed by atoms with Crippen molar-refractivity contribution in [3.05, 3.63) is 29.3 Å². The van der Waals surface area contributed by atoms with Gasteiger partial charge in [-0.3, -0.25) is 9.69 Å². The summed E-state index contributed by atoms with van der Waals surface area (Å²) in [6.07, 6.45) is -1.56. The van der Waals surface area contributed by atoms with Crippen LogP contribution in [0, 0.1) is 0 Å². The number of anilines is 1. The van der Waals surface area contributed by atoms with Crippen LogP contribution in [0.4, 0.5) is 5.69 Å². The van der Waals surface area contributed by atoms with E-state index in [1.165, 1.54) is 0 Å². The second-order valence-electron chi connectivity index (χ2n) is 4.36. The number of aliphatic hydroxyl groups excluding tert-OH is 2. The molecule has 1 heterocycles. The van der Waals surface area contributed by atoms with Crippen molar-refractivity contribution in [1.82, 2.24) is 4.90 Å². The number of benzene rings is 1. The van der Waals surface area contributed by atoms with Crippen molar-refractivity contribution >= 4 is 23.2 Å². The second kappa shape index (κ2) is 5.67. The third-order valence-electron chi connectivity index (χ3n) is 2.85. The van der Waals surface area contributed by atoms with E-state index >= 15 is 0 Å². The number of aliphatic hydroxyl groups is 2. The SMILES string of the molecule is O=C(CN1CC(O)C(O)C1)Nc1ccccc1Cl. The second-order valence-corrected chi connectivity index (χ2v) is 4.76. The van der Waals surface area contributed by atoms with Gasteiger partial charge in [-0.05, 0) is 12.1 Å². The number of hydrogen-bond donors (Lipinski definition) is 3. The molecular weight excluding hydrogens is 256 g/mol. The van der Waals surface area contributed by atoms with Crippen LogP contribution in [0.2, 0.25) is 5.02 Å². The Balaban J connectivity index is 1.88. The Labute approximate surface area is 110 Å². The van der Waals surface area contributed by atoms with E-state index in [4.69, 9.17) is 11.6 Å². The van der Waals surface area contributed by atoms with E-state index in [9.17, 15) is 15.0 Å². The van der Waals surface area contributed by atoms with Crippen molar-refractivity contribution in [1.29, 1.82) is 0 Å². The first-order valence-corrected chi connectivity index (χ1v) is 6.07. The van der Waals surface area contributed by atoms with Gasteiger partial charge in [-0.1, -0.05) is 23.7 Å². The number of likely N-dealkylation sites (tertiary alicyclic amines) is 1. The Bertz CT molecular complexity index is 431. The first-order valence-electron chi connectivity index (χ1n) is 5.69. The van der Waals surface area contributed by atoms with Crippen LogP contribution in [0.15, 0.2) is 24.3 Å². The maximum absolute atomic E-state index is 11.8. The van der Waals surface area contributed by atoms with Gasteiger partial charge in [-0.25, -0.2) is 0 Å². The van der Waals surface area contributed by atoms with E-state index in [-0.39, 0.29) is 12.5 Å². The average molecular weight is 271 g/mol. The minimum absolute atomic E-state index is 0.124. The summed E-state index contributed by atoms with van der Waals surface area (Å²) in [4.78, 5) is 13.5. The molecule has 1 amide bonds. The first-order chi connectivity index (χ1) is 8.56. The molecule has 0 saturated carbocycles. The molecule has 3 N–H and O–H groups in total. The average Bonchev–Trinajstić information content (AvgIpc) is 2.61. The van der Waals surface area contributed by atoms with Crippen LogP contribution in [0.5, 0.6) is 0 Å². The molecule has 1 aromatic carbocycles. The van der Waals surface area contributed by atoms with Gasteiger partial charge in [0.2, 0.25) is 5.91 Å². The molecule has 18 heavy (non-hydrogen) atoms. The molecule has 2 atom stereocenters. The summed E-state index contributed by atoms with van der Waals surface area (Å²) in [5, 5.41) is 21.9. The summed E-state index contributed by atoms with van der Waals surface area (Å²) in [7, 11) is 0. The number of rotatable bonds is 3. The molecule has 0 spiro atoms. The van der Waals surface area contributed by atoms with Crippen LogP contribution in [-0.4, -0.2) is 52.9 Å². The fourth-order valence-corrected chi connectivity index (χ4v) is 2.11. The molecule has 0 bridgehead atoms. The van der Waals surface area contributed by atoms with Gasteiger partial charge in [-0.15, -0.1) is 0 Å². The lowest BCUT2D eigenvalue weighted by Gasteiger charge is -2.14. The van der Waals surface area contributed by atoms with Crippen molar-refractivity contribution in [3.63, 3.8) is 0 Å². The fraction of sp³-hybridized carbons (Fsp3) is 0.417. The van der Waals surface area contributed by atoms with Crippen molar-refractivity contribution < 1.29 is 15.0 Å². The highest BCUT2D eigenvalue weighted by atomic mass is 35.5. The standard InChI is InChI=1S/C12H15ClN2O3/c13-8-3-1-2-4-9(8)14-12(18)7-15-5-10(16)11(17)6-15/h1-4,10-11,16-17H,5-7H2,(H,14,18). The molecule has 1 aliphatic heterocycles. The highest BCUT2D eigenvalue weighted by molar-refractivity contribution is 6.33. The Hall–Kier alpha value is -1.14. The fourth-order valence-electron chi connectivity index (χ4n) is 1.93. The van der Waals surface area contributed by atoms with E-state index in [1.807, 2.05) is 0 Å². The van der Waals surface area contributed by atoms with Gasteiger partial charge in [0.25, 0.3) is 0 Å². The normalized spacial score (nSPS) is 24.2. The van der Waals surface area contributed by atoms with Crippen LogP contribution in [0.1, 0.15) is 0 Å².